The van der Waals surface area contributed by atoms with Crippen LogP contribution in [0.1, 0.15) is 39.0 Å². The lowest BCUT2D eigenvalue weighted by Gasteiger charge is -2.17. The minimum atomic E-state index is -3.42. The molecule has 0 radical (unpaired) electrons. The predicted octanol–water partition coefficient (Wildman–Crippen LogP) is 3.70. The molecule has 0 aromatic heterocycles. The molecule has 1 saturated carbocycles. The highest BCUT2D eigenvalue weighted by Gasteiger charge is 2.23. The minimum Gasteiger partial charge on any atom is -0.208 e. The second-order valence-corrected chi connectivity index (χ2v) is 7.90. The van der Waals surface area contributed by atoms with Crippen LogP contribution in [0.4, 0.5) is 0 Å². The number of hydrogen-bond acceptors (Lipinski definition) is 2. The molecule has 1 fully saturated rings. The SMILES string of the molecule is CC1CCCC(NS(=O)(=O)c2ccccc2Br)CC1. The van der Waals surface area contributed by atoms with E-state index >= 15 is 0 Å². The van der Waals surface area contributed by atoms with E-state index in [0.29, 0.717) is 15.3 Å². The fourth-order valence-corrected chi connectivity index (χ4v) is 4.86. The van der Waals surface area contributed by atoms with Crippen LogP contribution < -0.4 is 4.72 Å². The zero-order valence-corrected chi connectivity index (χ0v) is 13.5. The first-order valence-electron chi connectivity index (χ1n) is 6.76. The van der Waals surface area contributed by atoms with Gasteiger partial charge in [-0.05, 0) is 53.2 Å². The molecular formula is C14H20BrNO2S. The van der Waals surface area contributed by atoms with Gasteiger partial charge in [0, 0.05) is 10.5 Å². The van der Waals surface area contributed by atoms with Gasteiger partial charge in [-0.3, -0.25) is 0 Å². The van der Waals surface area contributed by atoms with Gasteiger partial charge in [-0.15, -0.1) is 0 Å². The van der Waals surface area contributed by atoms with E-state index in [-0.39, 0.29) is 6.04 Å². The van der Waals surface area contributed by atoms with Crippen molar-refractivity contribution < 1.29 is 8.42 Å². The van der Waals surface area contributed by atoms with Gasteiger partial charge in [-0.2, -0.15) is 0 Å². The van der Waals surface area contributed by atoms with Gasteiger partial charge in [-0.1, -0.05) is 31.9 Å². The maximum Gasteiger partial charge on any atom is 0.241 e. The fourth-order valence-electron chi connectivity index (χ4n) is 2.55. The van der Waals surface area contributed by atoms with E-state index in [9.17, 15) is 8.42 Å². The molecule has 0 saturated heterocycles. The Bertz CT molecular complexity index is 530. The van der Waals surface area contributed by atoms with Crippen LogP contribution in [0.5, 0.6) is 0 Å². The summed E-state index contributed by atoms with van der Waals surface area (Å²) < 4.78 is 28.2. The third-order valence-electron chi connectivity index (χ3n) is 3.71. The van der Waals surface area contributed by atoms with Crippen LogP contribution in [0.2, 0.25) is 0 Å². The Morgan fingerprint density at radius 2 is 1.89 bits per heavy atom. The molecule has 3 nitrogen and oxygen atoms in total. The van der Waals surface area contributed by atoms with Crippen LogP contribution >= 0.6 is 15.9 Å². The normalized spacial score (nSPS) is 24.9. The summed E-state index contributed by atoms with van der Waals surface area (Å²) in [5, 5.41) is 0. The molecule has 0 amide bonds. The van der Waals surface area contributed by atoms with Gasteiger partial charge in [0.2, 0.25) is 10.0 Å². The first kappa shape index (κ1) is 15.0. The maximum absolute atomic E-state index is 12.4. The second kappa shape index (κ2) is 6.37. The van der Waals surface area contributed by atoms with Crippen LogP contribution in [0, 0.1) is 5.92 Å². The molecule has 19 heavy (non-hydrogen) atoms. The molecule has 5 heteroatoms. The Morgan fingerprint density at radius 3 is 2.63 bits per heavy atom. The number of rotatable bonds is 3. The molecule has 2 atom stereocenters. The summed E-state index contributed by atoms with van der Waals surface area (Å²) >= 11 is 3.30. The van der Waals surface area contributed by atoms with Crippen molar-refractivity contribution in [2.45, 2.75) is 50.0 Å². The molecule has 2 unspecified atom stereocenters. The van der Waals surface area contributed by atoms with E-state index in [1.165, 1.54) is 6.42 Å². The van der Waals surface area contributed by atoms with E-state index < -0.39 is 10.0 Å². The highest BCUT2D eigenvalue weighted by atomic mass is 79.9. The highest BCUT2D eigenvalue weighted by molar-refractivity contribution is 9.10. The molecule has 2 rings (SSSR count). The van der Waals surface area contributed by atoms with E-state index in [4.69, 9.17) is 0 Å². The fraction of sp³-hybridized carbons (Fsp3) is 0.571. The summed E-state index contributed by atoms with van der Waals surface area (Å²) in [6.07, 6.45) is 5.28. The topological polar surface area (TPSA) is 46.2 Å². The largest absolute Gasteiger partial charge is 0.241 e. The average Bonchev–Trinajstić information content (AvgIpc) is 2.54. The lowest BCUT2D eigenvalue weighted by atomic mass is 10.0. The van der Waals surface area contributed by atoms with Gasteiger partial charge in [0.25, 0.3) is 0 Å². The monoisotopic (exact) mass is 345 g/mol. The number of hydrogen-bond donors (Lipinski definition) is 1. The van der Waals surface area contributed by atoms with E-state index in [0.717, 1.165) is 25.7 Å². The number of nitrogens with one attached hydrogen (secondary N) is 1. The molecule has 0 aliphatic heterocycles. The maximum atomic E-state index is 12.4. The number of halogens is 1. The Morgan fingerprint density at radius 1 is 1.16 bits per heavy atom. The Kier molecular flexibility index (Phi) is 5.03. The molecule has 1 aliphatic rings. The van der Waals surface area contributed by atoms with Crippen molar-refractivity contribution in [1.82, 2.24) is 4.72 Å². The molecule has 0 bridgehead atoms. The van der Waals surface area contributed by atoms with E-state index in [2.05, 4.69) is 27.6 Å². The smallest absolute Gasteiger partial charge is 0.208 e. The number of benzene rings is 1. The van der Waals surface area contributed by atoms with Gasteiger partial charge >= 0.3 is 0 Å². The Hall–Kier alpha value is -0.390. The summed E-state index contributed by atoms with van der Waals surface area (Å²) in [7, 11) is -3.42. The third kappa shape index (κ3) is 4.04. The first-order chi connectivity index (χ1) is 8.99. The van der Waals surface area contributed by atoms with E-state index in [1.807, 2.05) is 6.07 Å². The lowest BCUT2D eigenvalue weighted by molar-refractivity contribution is 0.484. The zero-order chi connectivity index (χ0) is 13.9. The van der Waals surface area contributed by atoms with Crippen LogP contribution in [-0.2, 0) is 10.0 Å². The second-order valence-electron chi connectivity index (χ2n) is 5.36. The summed E-state index contributed by atoms with van der Waals surface area (Å²) in [5.41, 5.74) is 0. The summed E-state index contributed by atoms with van der Waals surface area (Å²) in [6.45, 7) is 2.24. The zero-order valence-electron chi connectivity index (χ0n) is 11.1. The quantitative estimate of drug-likeness (QED) is 0.849. The molecular weight excluding hydrogens is 326 g/mol. The minimum absolute atomic E-state index is 0.0713. The van der Waals surface area contributed by atoms with Gasteiger partial charge in [-0.25, -0.2) is 13.1 Å². The third-order valence-corrected chi connectivity index (χ3v) is 6.24. The average molecular weight is 346 g/mol. The summed E-state index contributed by atoms with van der Waals surface area (Å²) in [4.78, 5) is 0.326. The molecule has 1 aliphatic carbocycles. The molecule has 1 aromatic carbocycles. The van der Waals surface area contributed by atoms with Crippen LogP contribution in [-0.4, -0.2) is 14.5 Å². The van der Waals surface area contributed by atoms with Gasteiger partial charge in [0.05, 0.1) is 4.90 Å². The van der Waals surface area contributed by atoms with Gasteiger partial charge in [0.15, 0.2) is 0 Å². The first-order valence-corrected chi connectivity index (χ1v) is 9.03. The standard InChI is InChI=1S/C14H20BrNO2S/c1-11-5-4-6-12(10-9-11)16-19(17,18)14-8-3-2-7-13(14)15/h2-3,7-8,11-12,16H,4-6,9-10H2,1H3. The Labute approximate surface area is 124 Å². The van der Waals surface area contributed by atoms with Crippen molar-refractivity contribution in [3.8, 4) is 0 Å². The molecule has 0 spiro atoms. The van der Waals surface area contributed by atoms with Crippen LogP contribution in [0.15, 0.2) is 33.6 Å². The van der Waals surface area contributed by atoms with Crippen molar-refractivity contribution in [3.63, 3.8) is 0 Å². The van der Waals surface area contributed by atoms with Crippen LogP contribution in [0.25, 0.3) is 0 Å². The van der Waals surface area contributed by atoms with Crippen molar-refractivity contribution in [2.75, 3.05) is 0 Å². The molecule has 0 heterocycles. The molecule has 106 valence electrons. The van der Waals surface area contributed by atoms with Gasteiger partial charge in [0.1, 0.15) is 0 Å². The predicted molar refractivity (Wildman–Crippen MR) is 80.5 cm³/mol. The number of sulfonamides is 1. The molecule has 1 aromatic rings. The summed E-state index contributed by atoms with van der Waals surface area (Å²) in [6, 6.07) is 7.02. The van der Waals surface area contributed by atoms with Crippen molar-refractivity contribution in [3.05, 3.63) is 28.7 Å². The van der Waals surface area contributed by atoms with Crippen molar-refractivity contribution >= 4 is 26.0 Å². The molecule has 1 N–H and O–H groups in total. The van der Waals surface area contributed by atoms with E-state index in [1.54, 1.807) is 18.2 Å². The highest BCUT2D eigenvalue weighted by Crippen LogP contribution is 2.25. The Balaban J connectivity index is 2.11. The van der Waals surface area contributed by atoms with Crippen molar-refractivity contribution in [1.29, 1.82) is 0 Å². The lowest BCUT2D eigenvalue weighted by Crippen LogP contribution is -2.34. The van der Waals surface area contributed by atoms with Crippen LogP contribution in [0.3, 0.4) is 0 Å². The summed E-state index contributed by atoms with van der Waals surface area (Å²) in [5.74, 6) is 0.706. The van der Waals surface area contributed by atoms with Gasteiger partial charge < -0.3 is 0 Å². The van der Waals surface area contributed by atoms with Crippen molar-refractivity contribution in [2.24, 2.45) is 5.92 Å².